The van der Waals surface area contributed by atoms with Crippen LogP contribution < -0.4 is 0 Å². The highest BCUT2D eigenvalue weighted by atomic mass is 35.5. The van der Waals surface area contributed by atoms with Crippen LogP contribution in [-0.2, 0) is 6.18 Å². The molecule has 0 amide bonds. The minimum Gasteiger partial charge on any atom is -0.249 e. The minimum absolute atomic E-state index is 0.375. The average molecular weight is 983 g/mol. The van der Waals surface area contributed by atoms with E-state index in [0.717, 1.165) is 25.3 Å². The van der Waals surface area contributed by atoms with Gasteiger partial charge in [-0.25, -0.2) is 9.97 Å². The van der Waals surface area contributed by atoms with E-state index >= 15 is 0 Å². The molecule has 0 spiro atoms. The summed E-state index contributed by atoms with van der Waals surface area (Å²) in [4.78, 5) is 19.3. The van der Waals surface area contributed by atoms with Crippen LogP contribution in [0.25, 0.3) is 20.3 Å². The van der Waals surface area contributed by atoms with Crippen molar-refractivity contribution in [1.29, 1.82) is 0 Å². The second-order valence-corrected chi connectivity index (χ2v) is 22.3. The van der Waals surface area contributed by atoms with Crippen molar-refractivity contribution in [1.82, 2.24) is 9.97 Å². The van der Waals surface area contributed by atoms with Gasteiger partial charge in [-0.1, -0.05) is 59.1 Å². The van der Waals surface area contributed by atoms with Gasteiger partial charge in [-0.15, -0.1) is 68.0 Å². The van der Waals surface area contributed by atoms with Gasteiger partial charge in [-0.2, -0.15) is 13.2 Å². The number of fused-ring (bicyclic) bond motifs is 2. The van der Waals surface area contributed by atoms with E-state index in [1.165, 1.54) is 73.5 Å². The van der Waals surface area contributed by atoms with Crippen molar-refractivity contribution in [3.8, 4) is 0 Å². The third kappa shape index (κ3) is 19.7. The molecule has 0 saturated carbocycles. The molecule has 0 radical (unpaired) electrons. The van der Waals surface area contributed by atoms with Crippen molar-refractivity contribution in [3.05, 3.63) is 179 Å². The van der Waals surface area contributed by atoms with E-state index in [-0.39, 0.29) is 0 Å². The summed E-state index contributed by atoms with van der Waals surface area (Å²) in [6.45, 7) is 18.2. The van der Waals surface area contributed by atoms with Gasteiger partial charge >= 0.3 is 6.18 Å². The normalized spacial score (nSPS) is 10.2. The topological polar surface area (TPSA) is 25.8 Å². The van der Waals surface area contributed by atoms with Crippen LogP contribution in [0.15, 0.2) is 115 Å². The Morgan fingerprint density at radius 1 is 0.517 bits per heavy atom. The fourth-order valence-electron chi connectivity index (χ4n) is 4.76. The monoisotopic (exact) mass is 980 g/mol. The molecule has 318 valence electrons. The smallest absolute Gasteiger partial charge is 0.249 e. The number of hydrogen-bond acceptors (Lipinski definition) is 8. The zero-order valence-electron chi connectivity index (χ0n) is 34.6. The summed E-state index contributed by atoms with van der Waals surface area (Å²) in [5.74, 6) is 0. The fourth-order valence-corrected chi connectivity index (χ4v) is 10.3. The first-order valence-electron chi connectivity index (χ1n) is 18.2. The summed E-state index contributed by atoms with van der Waals surface area (Å²) >= 11 is 27.6. The van der Waals surface area contributed by atoms with Crippen molar-refractivity contribution < 1.29 is 13.2 Å². The van der Waals surface area contributed by atoms with Crippen molar-refractivity contribution in [3.63, 3.8) is 0 Å². The Morgan fingerprint density at radius 3 is 1.57 bits per heavy atom. The molecular formula is C46H46Cl3F3N2S6. The SMILES string of the molecule is Cc1cc(Cl)c(C)s1.Cc1cc2ccc(Cl)cc2s1.Cc1cc2cccnc2s1.Cc1ccc(C)s1.Cc1ccc(Cl)s1.Cc1cccc(C(F)(F)F)n1.Cc1cccs1. The Kier molecular flexibility index (Phi) is 22.0. The molecule has 1 aromatic carbocycles. The summed E-state index contributed by atoms with van der Waals surface area (Å²) in [5.41, 5.74) is -0.461. The molecule has 2 nitrogen and oxygen atoms in total. The molecular weight excluding hydrogens is 936 g/mol. The molecule has 9 rings (SSSR count). The standard InChI is InChI=1S/C9H7ClS.C8H7NS.C7H6F3N.C6H7ClS.C6H8S.C5H5ClS.C5H6S/c1-6-4-7-2-3-8(10)5-9(7)11-6;1-6-5-7-3-2-4-9-8(7)10-6;1-5-3-2-4-6(11-5)7(8,9)10;1-4-3-6(7)5(2)8-4;1-5-3-4-6(2)7-5;1-4-2-3-5(6)7-4;1-5-3-2-4-6-5/h2-5H,1H3;2-5H,1H3;2-4H,1H3;3H,1-2H3;3-4H,1-2H3;2-3H,1H3;2-4H,1H3. The maximum Gasteiger partial charge on any atom is 0.433 e. The number of aromatic nitrogens is 2. The number of rotatable bonds is 0. The summed E-state index contributed by atoms with van der Waals surface area (Å²) < 4.78 is 37.9. The molecule has 0 N–H and O–H groups in total. The number of halogens is 6. The Bertz CT molecular complexity index is 2470. The highest BCUT2D eigenvalue weighted by Gasteiger charge is 2.32. The molecule has 14 heteroatoms. The molecule has 0 bridgehead atoms. The van der Waals surface area contributed by atoms with E-state index in [1.807, 2.05) is 67.8 Å². The maximum atomic E-state index is 11.9. The highest BCUT2D eigenvalue weighted by Crippen LogP contribution is 2.29. The van der Waals surface area contributed by atoms with Crippen molar-refractivity contribution >= 4 is 123 Å². The molecule has 0 atom stereocenters. The van der Waals surface area contributed by atoms with Crippen LogP contribution in [0.1, 0.15) is 50.4 Å². The van der Waals surface area contributed by atoms with Gasteiger partial charge in [-0.05, 0) is 152 Å². The third-order valence-corrected chi connectivity index (χ3v) is 14.0. The average Bonchev–Trinajstić information content (AvgIpc) is 4.05. The van der Waals surface area contributed by atoms with Gasteiger partial charge in [0.25, 0.3) is 0 Å². The molecule has 0 fully saturated rings. The number of pyridine rings is 2. The van der Waals surface area contributed by atoms with Crippen LogP contribution in [0.2, 0.25) is 14.4 Å². The summed E-state index contributed by atoms with van der Waals surface area (Å²) in [5, 5.41) is 6.34. The number of nitrogens with zero attached hydrogens (tertiary/aromatic N) is 2. The van der Waals surface area contributed by atoms with Crippen molar-refractivity contribution in [2.45, 2.75) is 68.5 Å². The van der Waals surface area contributed by atoms with Gasteiger partial charge in [0.1, 0.15) is 10.5 Å². The second-order valence-electron chi connectivity index (χ2n) is 12.9. The number of thiophene rings is 6. The predicted octanol–water partition coefficient (Wildman–Crippen LogP) is 19.0. The molecule has 8 heterocycles. The van der Waals surface area contributed by atoms with Crippen LogP contribution >= 0.6 is 103 Å². The van der Waals surface area contributed by atoms with Gasteiger partial charge < -0.3 is 0 Å². The number of benzene rings is 1. The lowest BCUT2D eigenvalue weighted by molar-refractivity contribution is -0.141. The Balaban J connectivity index is 0.000000189. The molecule has 8 aromatic heterocycles. The molecule has 0 aliphatic rings. The molecule has 9 aromatic rings. The van der Waals surface area contributed by atoms with Gasteiger partial charge in [-0.3, -0.25) is 0 Å². The van der Waals surface area contributed by atoms with E-state index in [9.17, 15) is 13.2 Å². The second kappa shape index (κ2) is 25.7. The fraction of sp³-hybridized carbons (Fsp3) is 0.217. The van der Waals surface area contributed by atoms with Crippen LogP contribution in [0.4, 0.5) is 13.2 Å². The predicted molar refractivity (Wildman–Crippen MR) is 266 cm³/mol. The lowest BCUT2D eigenvalue weighted by Crippen LogP contribution is -2.07. The summed E-state index contributed by atoms with van der Waals surface area (Å²) in [6, 6.07) is 32.5. The van der Waals surface area contributed by atoms with E-state index in [2.05, 4.69) is 105 Å². The van der Waals surface area contributed by atoms with E-state index in [4.69, 9.17) is 34.8 Å². The lowest BCUT2D eigenvalue weighted by atomic mass is 10.2. The molecule has 60 heavy (non-hydrogen) atoms. The van der Waals surface area contributed by atoms with Crippen LogP contribution in [0.5, 0.6) is 0 Å². The molecule has 0 unspecified atom stereocenters. The first-order valence-corrected chi connectivity index (χ1v) is 24.3. The molecule has 0 aliphatic carbocycles. The van der Waals surface area contributed by atoms with Crippen LogP contribution in [-0.4, -0.2) is 9.97 Å². The van der Waals surface area contributed by atoms with Crippen LogP contribution in [0.3, 0.4) is 0 Å². The largest absolute Gasteiger partial charge is 0.433 e. The molecule has 0 saturated heterocycles. The number of aryl methyl sites for hydroxylation is 9. The summed E-state index contributed by atoms with van der Waals surface area (Å²) in [7, 11) is 0. The maximum absolute atomic E-state index is 11.9. The third-order valence-electron chi connectivity index (χ3n) is 7.43. The minimum atomic E-state index is -4.33. The Hall–Kier alpha value is -3.10. The van der Waals surface area contributed by atoms with Gasteiger partial charge in [0.05, 0.1) is 9.36 Å². The van der Waals surface area contributed by atoms with Gasteiger partial charge in [0, 0.05) is 66.0 Å². The zero-order valence-corrected chi connectivity index (χ0v) is 41.7. The first kappa shape index (κ1) is 51.3. The Morgan fingerprint density at radius 2 is 1.15 bits per heavy atom. The summed E-state index contributed by atoms with van der Waals surface area (Å²) in [6.07, 6.45) is -2.50. The Labute approximate surface area is 391 Å². The number of hydrogen-bond donors (Lipinski definition) is 0. The lowest BCUT2D eigenvalue weighted by Gasteiger charge is -2.04. The number of alkyl halides is 3. The van der Waals surface area contributed by atoms with E-state index < -0.39 is 11.9 Å². The van der Waals surface area contributed by atoms with Gasteiger partial charge in [0.15, 0.2) is 0 Å². The molecule has 0 aliphatic heterocycles. The van der Waals surface area contributed by atoms with Gasteiger partial charge in [0.2, 0.25) is 0 Å². The van der Waals surface area contributed by atoms with Crippen molar-refractivity contribution in [2.75, 3.05) is 0 Å². The first-order chi connectivity index (χ1) is 28.3. The van der Waals surface area contributed by atoms with Crippen molar-refractivity contribution in [2.24, 2.45) is 0 Å². The van der Waals surface area contributed by atoms with Crippen LogP contribution in [0, 0.1) is 62.3 Å². The highest BCUT2D eigenvalue weighted by molar-refractivity contribution is 7.19. The quantitative estimate of drug-likeness (QED) is 0.151. The zero-order chi connectivity index (χ0) is 44.4. The van der Waals surface area contributed by atoms with E-state index in [1.54, 1.807) is 56.7 Å². The van der Waals surface area contributed by atoms with E-state index in [0.29, 0.717) is 5.69 Å².